The summed E-state index contributed by atoms with van der Waals surface area (Å²) in [7, 11) is 0. The van der Waals surface area contributed by atoms with E-state index in [9.17, 15) is 8.78 Å². The third-order valence-electron chi connectivity index (χ3n) is 0.643. The molecule has 0 rings (SSSR count). The molecule has 48 valence electrons. The number of alkyl halides is 2. The molecule has 0 unspecified atom stereocenters. The predicted octanol–water partition coefficient (Wildman–Crippen LogP) is 0.201. The minimum atomic E-state index is -3.70. The second-order valence-corrected chi connectivity index (χ2v) is 1.37. The Hall–Kier alpha value is -1.20. The summed E-state index contributed by atoms with van der Waals surface area (Å²) in [5.41, 5.74) is 4.12. The first-order valence-corrected chi connectivity index (χ1v) is 1.98. The number of nitriles is 2. The van der Waals surface area contributed by atoms with Crippen LogP contribution < -0.4 is 5.73 Å². The van der Waals surface area contributed by atoms with E-state index in [0.717, 1.165) is 12.1 Å². The molecule has 0 aromatic heterocycles. The maximum absolute atomic E-state index is 11.7. The van der Waals surface area contributed by atoms with Crippen LogP contribution in [0.25, 0.3) is 0 Å². The van der Waals surface area contributed by atoms with E-state index >= 15 is 0 Å². The molecule has 0 aliphatic carbocycles. The van der Waals surface area contributed by atoms with Gasteiger partial charge in [-0.25, -0.2) is 0 Å². The van der Waals surface area contributed by atoms with Crippen molar-refractivity contribution in [1.29, 1.82) is 10.5 Å². The lowest BCUT2D eigenvalue weighted by atomic mass is 10.2. The van der Waals surface area contributed by atoms with Crippen molar-refractivity contribution in [1.82, 2.24) is 0 Å². The summed E-state index contributed by atoms with van der Waals surface area (Å²) >= 11 is 0. The number of hydrogen-bond acceptors (Lipinski definition) is 3. The van der Waals surface area contributed by atoms with Crippen LogP contribution in [0.4, 0.5) is 8.78 Å². The average molecular weight is 131 g/mol. The molecule has 0 heterocycles. The normalized spacial score (nSPS) is 10.4. The van der Waals surface area contributed by atoms with Gasteiger partial charge >= 0.3 is 6.05 Å². The summed E-state index contributed by atoms with van der Waals surface area (Å²) in [5, 5.41) is 15.7. The van der Waals surface area contributed by atoms with Gasteiger partial charge in [0.25, 0.3) is 0 Å². The molecule has 9 heavy (non-hydrogen) atoms. The molecule has 0 amide bonds. The van der Waals surface area contributed by atoms with Crippen molar-refractivity contribution in [3.63, 3.8) is 0 Å². The Morgan fingerprint density at radius 1 is 1.33 bits per heavy atom. The van der Waals surface area contributed by atoms with Crippen molar-refractivity contribution >= 4 is 0 Å². The molecule has 0 saturated carbocycles. The van der Waals surface area contributed by atoms with E-state index in [1.165, 1.54) is 0 Å². The van der Waals surface area contributed by atoms with Gasteiger partial charge in [-0.3, -0.25) is 5.73 Å². The van der Waals surface area contributed by atoms with Gasteiger partial charge in [0.05, 0.1) is 12.1 Å². The fourth-order valence-electron chi connectivity index (χ4n) is 0.201. The molecule has 2 N–H and O–H groups in total. The molecule has 0 radical (unpaired) electrons. The van der Waals surface area contributed by atoms with E-state index in [1.54, 1.807) is 0 Å². The zero-order chi connectivity index (χ0) is 7.49. The Bertz CT molecular complexity index is 156. The standard InChI is InChI=1S/C4H3F2N3/c5-4(6,9)3(1-7)2-8/h3H,9H2. The minimum Gasteiger partial charge on any atom is -0.270 e. The van der Waals surface area contributed by atoms with Gasteiger partial charge in [-0.15, -0.1) is 0 Å². The number of nitrogens with two attached hydrogens (primary N) is 1. The summed E-state index contributed by atoms with van der Waals surface area (Å²) in [6.45, 7) is 0. The second-order valence-electron chi connectivity index (χ2n) is 1.37. The molecular weight excluding hydrogens is 128 g/mol. The van der Waals surface area contributed by atoms with Crippen LogP contribution in [0.2, 0.25) is 0 Å². The first-order chi connectivity index (χ1) is 4.02. The van der Waals surface area contributed by atoms with E-state index in [-0.39, 0.29) is 0 Å². The first-order valence-electron chi connectivity index (χ1n) is 1.98. The Kier molecular flexibility index (Phi) is 2.06. The van der Waals surface area contributed by atoms with Crippen molar-refractivity contribution in [2.45, 2.75) is 6.05 Å². The average Bonchev–Trinajstić information content (AvgIpc) is 1.65. The molecule has 0 atom stereocenters. The quantitative estimate of drug-likeness (QED) is 0.516. The van der Waals surface area contributed by atoms with E-state index in [4.69, 9.17) is 10.5 Å². The van der Waals surface area contributed by atoms with Gasteiger partial charge in [0, 0.05) is 0 Å². The minimum absolute atomic E-state index is 1.06. The van der Waals surface area contributed by atoms with E-state index in [1.807, 2.05) is 0 Å². The third kappa shape index (κ3) is 2.02. The highest BCUT2D eigenvalue weighted by molar-refractivity contribution is 5.04. The second kappa shape index (κ2) is 2.38. The lowest BCUT2D eigenvalue weighted by Gasteiger charge is -2.07. The van der Waals surface area contributed by atoms with Crippen LogP contribution in [0.3, 0.4) is 0 Å². The molecule has 0 aromatic rings. The summed E-state index contributed by atoms with van der Waals surface area (Å²) < 4.78 is 23.4. The van der Waals surface area contributed by atoms with Crippen LogP contribution in [-0.2, 0) is 0 Å². The third-order valence-corrected chi connectivity index (χ3v) is 0.643. The first kappa shape index (κ1) is 7.80. The van der Waals surface area contributed by atoms with E-state index in [2.05, 4.69) is 5.73 Å². The highest BCUT2D eigenvalue weighted by atomic mass is 19.3. The molecule has 0 fully saturated rings. The summed E-state index contributed by atoms with van der Waals surface area (Å²) in [6, 6.07) is -1.59. The molecule has 0 spiro atoms. The summed E-state index contributed by atoms with van der Waals surface area (Å²) in [6.07, 6.45) is 0. The van der Waals surface area contributed by atoms with E-state index in [0.29, 0.717) is 0 Å². The van der Waals surface area contributed by atoms with Crippen LogP contribution in [-0.4, -0.2) is 6.05 Å². The lowest BCUT2D eigenvalue weighted by molar-refractivity contribution is -0.0127. The van der Waals surface area contributed by atoms with Gasteiger partial charge in [-0.05, 0) is 0 Å². The van der Waals surface area contributed by atoms with Gasteiger partial charge in [-0.2, -0.15) is 19.3 Å². The molecular formula is C4H3F2N3. The van der Waals surface area contributed by atoms with Crippen molar-refractivity contribution < 1.29 is 8.78 Å². The van der Waals surface area contributed by atoms with Crippen molar-refractivity contribution in [2.75, 3.05) is 0 Å². The Labute approximate surface area is 50.3 Å². The number of nitrogens with zero attached hydrogens (tertiary/aromatic N) is 2. The maximum Gasteiger partial charge on any atom is 0.328 e. The van der Waals surface area contributed by atoms with Gasteiger partial charge in [-0.1, -0.05) is 0 Å². The van der Waals surface area contributed by atoms with Gasteiger partial charge in [0.1, 0.15) is 0 Å². The van der Waals surface area contributed by atoms with Gasteiger partial charge in [0.2, 0.25) is 5.92 Å². The Balaban J connectivity index is 4.23. The monoisotopic (exact) mass is 131 g/mol. The fraction of sp³-hybridized carbons (Fsp3) is 0.500. The zero-order valence-corrected chi connectivity index (χ0v) is 4.31. The summed E-state index contributed by atoms with van der Waals surface area (Å²) in [5.74, 6) is -2.04. The lowest BCUT2D eigenvalue weighted by Crippen LogP contribution is -2.36. The number of rotatable bonds is 1. The Morgan fingerprint density at radius 2 is 1.67 bits per heavy atom. The highest BCUT2D eigenvalue weighted by Gasteiger charge is 2.35. The van der Waals surface area contributed by atoms with Crippen molar-refractivity contribution in [3.8, 4) is 12.1 Å². The predicted molar refractivity (Wildman–Crippen MR) is 23.9 cm³/mol. The fourth-order valence-corrected chi connectivity index (χ4v) is 0.201. The Morgan fingerprint density at radius 3 is 1.67 bits per heavy atom. The molecule has 3 nitrogen and oxygen atoms in total. The van der Waals surface area contributed by atoms with Crippen LogP contribution in [0, 0.1) is 28.6 Å². The van der Waals surface area contributed by atoms with Crippen LogP contribution >= 0.6 is 0 Å². The van der Waals surface area contributed by atoms with Crippen molar-refractivity contribution in [2.24, 2.45) is 11.7 Å². The molecule has 0 aliphatic heterocycles. The molecule has 0 aromatic carbocycles. The number of hydrogen-bond donors (Lipinski definition) is 1. The van der Waals surface area contributed by atoms with Crippen molar-refractivity contribution in [3.05, 3.63) is 0 Å². The van der Waals surface area contributed by atoms with Crippen LogP contribution in [0.15, 0.2) is 0 Å². The smallest absolute Gasteiger partial charge is 0.270 e. The van der Waals surface area contributed by atoms with Gasteiger partial charge < -0.3 is 0 Å². The maximum atomic E-state index is 11.7. The summed E-state index contributed by atoms with van der Waals surface area (Å²) in [4.78, 5) is 0. The largest absolute Gasteiger partial charge is 0.328 e. The van der Waals surface area contributed by atoms with Crippen LogP contribution in [0.5, 0.6) is 0 Å². The number of halogens is 2. The molecule has 0 saturated heterocycles. The SMILES string of the molecule is N#CC(C#N)C(N)(F)F. The molecule has 0 bridgehead atoms. The molecule has 5 heteroatoms. The topological polar surface area (TPSA) is 73.6 Å². The highest BCUT2D eigenvalue weighted by Crippen LogP contribution is 2.15. The van der Waals surface area contributed by atoms with Crippen LogP contribution in [0.1, 0.15) is 0 Å². The van der Waals surface area contributed by atoms with Gasteiger partial charge in [0.15, 0.2) is 0 Å². The zero-order valence-electron chi connectivity index (χ0n) is 4.31. The molecule has 0 aliphatic rings. The van der Waals surface area contributed by atoms with E-state index < -0.39 is 12.0 Å².